The number of amides is 1. The molecule has 1 aromatic rings. The monoisotopic (exact) mass is 284 g/mol. The Morgan fingerprint density at radius 3 is 2.75 bits per heavy atom. The van der Waals surface area contributed by atoms with Gasteiger partial charge in [-0.1, -0.05) is 13.0 Å². The lowest BCUT2D eigenvalue weighted by molar-refractivity contribution is -0.120. The zero-order valence-electron chi connectivity index (χ0n) is 9.80. The van der Waals surface area contributed by atoms with Gasteiger partial charge >= 0.3 is 0 Å². The number of halogens is 1. The second kappa shape index (κ2) is 4.97. The normalized spacial score (nSPS) is 14.3. The van der Waals surface area contributed by atoms with E-state index >= 15 is 0 Å². The van der Waals surface area contributed by atoms with Crippen molar-refractivity contribution in [3.05, 3.63) is 28.2 Å². The number of nitrogens with two attached hydrogens (primary N) is 1. The van der Waals surface area contributed by atoms with E-state index in [1.54, 1.807) is 6.92 Å². The maximum atomic E-state index is 11.9. The summed E-state index contributed by atoms with van der Waals surface area (Å²) in [5.41, 5.74) is 6.89. The molecule has 0 bridgehead atoms. The van der Waals surface area contributed by atoms with Crippen molar-refractivity contribution >= 4 is 27.5 Å². The number of rotatable bonds is 3. The second-order valence-corrected chi connectivity index (χ2v) is 5.06. The van der Waals surface area contributed by atoms with Crippen molar-refractivity contribution in [3.8, 4) is 0 Å². The van der Waals surface area contributed by atoms with Crippen LogP contribution in [0.25, 0.3) is 0 Å². The van der Waals surface area contributed by atoms with Crippen molar-refractivity contribution in [3.63, 3.8) is 0 Å². The summed E-state index contributed by atoms with van der Waals surface area (Å²) in [4.78, 5) is 11.9. The lowest BCUT2D eigenvalue weighted by atomic mass is 9.99. The lowest BCUT2D eigenvalue weighted by Crippen LogP contribution is -2.47. The summed E-state index contributed by atoms with van der Waals surface area (Å²) in [7, 11) is 0. The fourth-order valence-corrected chi connectivity index (χ4v) is 1.51. The molecular weight excluding hydrogens is 268 g/mol. The summed E-state index contributed by atoms with van der Waals surface area (Å²) < 4.78 is 0.860. The topological polar surface area (TPSA) is 55.1 Å². The van der Waals surface area contributed by atoms with E-state index in [4.69, 9.17) is 5.73 Å². The Morgan fingerprint density at radius 1 is 1.56 bits per heavy atom. The number of hydrogen-bond acceptors (Lipinski definition) is 2. The van der Waals surface area contributed by atoms with Gasteiger partial charge in [0.05, 0.1) is 11.2 Å². The highest BCUT2D eigenvalue weighted by Crippen LogP contribution is 2.24. The molecular formula is C12H17BrN2O. The van der Waals surface area contributed by atoms with Crippen molar-refractivity contribution in [2.75, 3.05) is 5.32 Å². The SMILES string of the molecule is CCC(C)(N)C(=O)Nc1cc(C)ccc1Br. The molecule has 1 amide bonds. The van der Waals surface area contributed by atoms with E-state index in [2.05, 4.69) is 21.2 Å². The highest BCUT2D eigenvalue weighted by molar-refractivity contribution is 9.10. The van der Waals surface area contributed by atoms with E-state index in [-0.39, 0.29) is 5.91 Å². The molecule has 0 saturated carbocycles. The first kappa shape index (κ1) is 13.2. The lowest BCUT2D eigenvalue weighted by Gasteiger charge is -2.22. The van der Waals surface area contributed by atoms with Gasteiger partial charge in [0.15, 0.2) is 0 Å². The van der Waals surface area contributed by atoms with Gasteiger partial charge in [0, 0.05) is 4.47 Å². The van der Waals surface area contributed by atoms with Crippen LogP contribution in [0.2, 0.25) is 0 Å². The largest absolute Gasteiger partial charge is 0.323 e. The van der Waals surface area contributed by atoms with Crippen LogP contribution in [-0.2, 0) is 4.79 Å². The Morgan fingerprint density at radius 2 is 2.19 bits per heavy atom. The van der Waals surface area contributed by atoms with Gasteiger partial charge in [-0.05, 0) is 53.9 Å². The van der Waals surface area contributed by atoms with Crippen molar-refractivity contribution in [1.29, 1.82) is 0 Å². The minimum atomic E-state index is -0.830. The van der Waals surface area contributed by atoms with Gasteiger partial charge < -0.3 is 11.1 Å². The molecule has 16 heavy (non-hydrogen) atoms. The summed E-state index contributed by atoms with van der Waals surface area (Å²) in [5.74, 6) is -0.165. The molecule has 88 valence electrons. The van der Waals surface area contributed by atoms with Gasteiger partial charge in [0.2, 0.25) is 5.91 Å². The third-order valence-electron chi connectivity index (χ3n) is 2.62. The average molecular weight is 285 g/mol. The molecule has 4 heteroatoms. The van der Waals surface area contributed by atoms with Crippen molar-refractivity contribution < 1.29 is 4.79 Å². The van der Waals surface area contributed by atoms with Crippen LogP contribution in [0.3, 0.4) is 0 Å². The van der Waals surface area contributed by atoms with Gasteiger partial charge in [0.1, 0.15) is 0 Å². The van der Waals surface area contributed by atoms with E-state index in [0.29, 0.717) is 6.42 Å². The molecule has 1 unspecified atom stereocenters. The van der Waals surface area contributed by atoms with Crippen LogP contribution in [0.5, 0.6) is 0 Å². The fraction of sp³-hybridized carbons (Fsp3) is 0.417. The Kier molecular flexibility index (Phi) is 4.10. The molecule has 0 saturated heterocycles. The van der Waals surface area contributed by atoms with Crippen molar-refractivity contribution in [1.82, 2.24) is 0 Å². The molecule has 0 aliphatic carbocycles. The molecule has 0 spiro atoms. The molecule has 0 heterocycles. The Bertz CT molecular complexity index is 402. The van der Waals surface area contributed by atoms with Crippen LogP contribution in [-0.4, -0.2) is 11.4 Å². The number of hydrogen-bond donors (Lipinski definition) is 2. The summed E-state index contributed by atoms with van der Waals surface area (Å²) in [6.45, 7) is 5.60. The Hall–Kier alpha value is -0.870. The zero-order chi connectivity index (χ0) is 12.3. The van der Waals surface area contributed by atoms with Crippen molar-refractivity contribution in [2.24, 2.45) is 5.73 Å². The standard InChI is InChI=1S/C12H17BrN2O/c1-4-12(3,14)11(16)15-10-7-8(2)5-6-9(10)13/h5-7H,4,14H2,1-3H3,(H,15,16). The van der Waals surface area contributed by atoms with E-state index in [1.807, 2.05) is 32.0 Å². The molecule has 3 nitrogen and oxygen atoms in total. The van der Waals surface area contributed by atoms with E-state index in [0.717, 1.165) is 15.7 Å². The minimum absolute atomic E-state index is 0.165. The highest BCUT2D eigenvalue weighted by Gasteiger charge is 2.26. The maximum Gasteiger partial charge on any atom is 0.244 e. The third kappa shape index (κ3) is 3.06. The molecule has 3 N–H and O–H groups in total. The maximum absolute atomic E-state index is 11.9. The van der Waals surface area contributed by atoms with Crippen LogP contribution in [0.15, 0.2) is 22.7 Å². The van der Waals surface area contributed by atoms with Crippen molar-refractivity contribution in [2.45, 2.75) is 32.7 Å². The first-order valence-corrected chi connectivity index (χ1v) is 6.02. The number of carbonyl (C=O) groups is 1. The van der Waals surface area contributed by atoms with E-state index in [9.17, 15) is 4.79 Å². The fourth-order valence-electron chi connectivity index (χ4n) is 1.16. The highest BCUT2D eigenvalue weighted by atomic mass is 79.9. The Labute approximate surface area is 105 Å². The van der Waals surface area contributed by atoms with E-state index < -0.39 is 5.54 Å². The molecule has 0 aliphatic rings. The van der Waals surface area contributed by atoms with Gasteiger partial charge in [-0.2, -0.15) is 0 Å². The summed E-state index contributed by atoms with van der Waals surface area (Å²) in [6.07, 6.45) is 0.599. The first-order valence-electron chi connectivity index (χ1n) is 5.23. The first-order chi connectivity index (χ1) is 7.36. The predicted octanol–water partition coefficient (Wildman–Crippen LogP) is 2.82. The average Bonchev–Trinajstić information content (AvgIpc) is 2.23. The third-order valence-corrected chi connectivity index (χ3v) is 3.31. The van der Waals surface area contributed by atoms with Gasteiger partial charge in [0.25, 0.3) is 0 Å². The molecule has 0 fully saturated rings. The van der Waals surface area contributed by atoms with Crippen LogP contribution in [0.4, 0.5) is 5.69 Å². The molecule has 1 atom stereocenters. The number of carbonyl (C=O) groups excluding carboxylic acids is 1. The van der Waals surface area contributed by atoms with E-state index in [1.165, 1.54) is 0 Å². The van der Waals surface area contributed by atoms with Gasteiger partial charge in [-0.15, -0.1) is 0 Å². The molecule has 0 aliphatic heterocycles. The smallest absolute Gasteiger partial charge is 0.244 e. The van der Waals surface area contributed by atoms with Gasteiger partial charge in [-0.25, -0.2) is 0 Å². The molecule has 1 aromatic carbocycles. The number of anilines is 1. The summed E-state index contributed by atoms with van der Waals surface area (Å²) >= 11 is 3.39. The number of nitrogens with one attached hydrogen (secondary N) is 1. The van der Waals surface area contributed by atoms with Crippen LogP contribution < -0.4 is 11.1 Å². The quantitative estimate of drug-likeness (QED) is 0.897. The summed E-state index contributed by atoms with van der Waals surface area (Å²) in [6, 6.07) is 5.79. The Balaban J connectivity index is 2.89. The second-order valence-electron chi connectivity index (χ2n) is 4.21. The number of aryl methyl sites for hydroxylation is 1. The summed E-state index contributed by atoms with van der Waals surface area (Å²) in [5, 5.41) is 2.83. The van der Waals surface area contributed by atoms with Crippen LogP contribution in [0.1, 0.15) is 25.8 Å². The van der Waals surface area contributed by atoms with Crippen LogP contribution >= 0.6 is 15.9 Å². The predicted molar refractivity (Wildman–Crippen MR) is 70.4 cm³/mol. The minimum Gasteiger partial charge on any atom is -0.323 e. The number of benzene rings is 1. The molecule has 1 rings (SSSR count). The molecule has 0 aromatic heterocycles. The zero-order valence-corrected chi connectivity index (χ0v) is 11.4. The van der Waals surface area contributed by atoms with Gasteiger partial charge in [-0.3, -0.25) is 4.79 Å². The molecule has 0 radical (unpaired) electrons. The van der Waals surface area contributed by atoms with Crippen LogP contribution in [0, 0.1) is 6.92 Å².